The molecule has 0 aromatic carbocycles. The van der Waals surface area contributed by atoms with E-state index in [1.807, 2.05) is 13.1 Å². The molecule has 2 saturated carbocycles. The maximum atomic E-state index is 6.32. The van der Waals surface area contributed by atoms with Gasteiger partial charge in [0, 0.05) is 5.56 Å². The molecule has 0 saturated heterocycles. The third kappa shape index (κ3) is 1.94. The molecule has 0 aliphatic heterocycles. The van der Waals surface area contributed by atoms with Gasteiger partial charge in [-0.1, -0.05) is 20.8 Å². The standard InChI is InChI=1S/C17H27NO2/c1-16(2)13-5-7-17(16,3)15(9-13)20-11-12-6-8-19-14(12)10-18-4/h6,8,13,15,18H,5,7,9-11H2,1-4H3. The normalized spacial score (nSPS) is 34.8. The van der Waals surface area contributed by atoms with Crippen LogP contribution < -0.4 is 5.32 Å². The van der Waals surface area contributed by atoms with Crippen molar-refractivity contribution < 1.29 is 9.15 Å². The molecule has 1 aromatic rings. The summed E-state index contributed by atoms with van der Waals surface area (Å²) in [5, 5.41) is 3.14. The minimum atomic E-state index is 0.338. The van der Waals surface area contributed by atoms with Gasteiger partial charge in [0.2, 0.25) is 0 Å². The molecule has 2 fully saturated rings. The molecule has 112 valence electrons. The minimum absolute atomic E-state index is 0.338. The molecule has 0 radical (unpaired) electrons. The van der Waals surface area contributed by atoms with Crippen molar-refractivity contribution in [2.45, 2.75) is 59.3 Å². The zero-order valence-electron chi connectivity index (χ0n) is 13.2. The van der Waals surface area contributed by atoms with Crippen LogP contribution in [-0.4, -0.2) is 13.2 Å². The predicted octanol–water partition coefficient (Wildman–Crippen LogP) is 3.73. The van der Waals surface area contributed by atoms with E-state index in [1.54, 1.807) is 6.26 Å². The van der Waals surface area contributed by atoms with Gasteiger partial charge in [0.25, 0.3) is 0 Å². The van der Waals surface area contributed by atoms with E-state index in [-0.39, 0.29) is 0 Å². The zero-order valence-corrected chi connectivity index (χ0v) is 13.2. The van der Waals surface area contributed by atoms with Gasteiger partial charge >= 0.3 is 0 Å². The fourth-order valence-corrected chi connectivity index (χ4v) is 4.38. The van der Waals surface area contributed by atoms with Gasteiger partial charge in [-0.3, -0.25) is 0 Å². The number of ether oxygens (including phenoxy) is 1. The minimum Gasteiger partial charge on any atom is -0.468 e. The van der Waals surface area contributed by atoms with Crippen LogP contribution in [0.1, 0.15) is 51.4 Å². The van der Waals surface area contributed by atoms with Crippen molar-refractivity contribution in [1.82, 2.24) is 5.32 Å². The molecule has 3 atom stereocenters. The van der Waals surface area contributed by atoms with Crippen LogP contribution in [-0.2, 0) is 17.9 Å². The molecule has 20 heavy (non-hydrogen) atoms. The molecule has 1 heterocycles. The number of fused-ring (bicyclic) bond motifs is 2. The first-order chi connectivity index (χ1) is 9.49. The SMILES string of the molecule is CNCc1occc1COC1CC2CCC1(C)C2(C)C. The van der Waals surface area contributed by atoms with Crippen LogP contribution in [0.2, 0.25) is 0 Å². The topological polar surface area (TPSA) is 34.4 Å². The Bertz CT molecular complexity index is 479. The van der Waals surface area contributed by atoms with Crippen LogP contribution in [0.25, 0.3) is 0 Å². The van der Waals surface area contributed by atoms with Crippen LogP contribution >= 0.6 is 0 Å². The fourth-order valence-electron chi connectivity index (χ4n) is 4.38. The van der Waals surface area contributed by atoms with Crippen LogP contribution in [0.5, 0.6) is 0 Å². The monoisotopic (exact) mass is 277 g/mol. The Balaban J connectivity index is 1.67. The maximum absolute atomic E-state index is 6.32. The molecule has 3 nitrogen and oxygen atoms in total. The molecular weight excluding hydrogens is 250 g/mol. The molecule has 2 bridgehead atoms. The molecule has 0 spiro atoms. The van der Waals surface area contributed by atoms with E-state index in [9.17, 15) is 0 Å². The Hall–Kier alpha value is -0.800. The quantitative estimate of drug-likeness (QED) is 0.890. The van der Waals surface area contributed by atoms with Gasteiger partial charge < -0.3 is 14.5 Å². The van der Waals surface area contributed by atoms with E-state index >= 15 is 0 Å². The molecule has 3 heteroatoms. The van der Waals surface area contributed by atoms with Gasteiger partial charge in [-0.2, -0.15) is 0 Å². The largest absolute Gasteiger partial charge is 0.468 e. The Morgan fingerprint density at radius 2 is 2.20 bits per heavy atom. The third-order valence-electron chi connectivity index (χ3n) is 6.33. The van der Waals surface area contributed by atoms with Crippen molar-refractivity contribution in [2.24, 2.45) is 16.7 Å². The summed E-state index contributed by atoms with van der Waals surface area (Å²) in [7, 11) is 1.94. The van der Waals surface area contributed by atoms with Gasteiger partial charge in [0.1, 0.15) is 5.76 Å². The van der Waals surface area contributed by atoms with Crippen LogP contribution in [0.3, 0.4) is 0 Å². The van der Waals surface area contributed by atoms with Crippen molar-refractivity contribution in [2.75, 3.05) is 7.05 Å². The first-order valence-electron chi connectivity index (χ1n) is 7.80. The van der Waals surface area contributed by atoms with Gasteiger partial charge in [0.15, 0.2) is 0 Å². The summed E-state index contributed by atoms with van der Waals surface area (Å²) in [4.78, 5) is 0. The Morgan fingerprint density at radius 3 is 2.80 bits per heavy atom. The van der Waals surface area contributed by atoms with Crippen molar-refractivity contribution >= 4 is 0 Å². The highest BCUT2D eigenvalue weighted by atomic mass is 16.5. The van der Waals surface area contributed by atoms with Crippen molar-refractivity contribution in [1.29, 1.82) is 0 Å². The Labute approximate surface area is 122 Å². The lowest BCUT2D eigenvalue weighted by molar-refractivity contribution is -0.0554. The van der Waals surface area contributed by atoms with Gasteiger partial charge in [-0.05, 0) is 49.1 Å². The van der Waals surface area contributed by atoms with E-state index in [2.05, 4.69) is 26.1 Å². The van der Waals surface area contributed by atoms with Crippen LogP contribution in [0.4, 0.5) is 0 Å². The summed E-state index contributed by atoms with van der Waals surface area (Å²) in [5.41, 5.74) is 1.94. The van der Waals surface area contributed by atoms with E-state index in [4.69, 9.17) is 9.15 Å². The maximum Gasteiger partial charge on any atom is 0.123 e. The molecule has 0 amide bonds. The van der Waals surface area contributed by atoms with E-state index < -0.39 is 0 Å². The Kier molecular flexibility index (Phi) is 3.46. The number of hydrogen-bond acceptors (Lipinski definition) is 3. The molecule has 1 aromatic heterocycles. The molecular formula is C17H27NO2. The number of rotatable bonds is 5. The molecule has 3 unspecified atom stereocenters. The van der Waals surface area contributed by atoms with Gasteiger partial charge in [-0.25, -0.2) is 0 Å². The predicted molar refractivity (Wildman–Crippen MR) is 79.3 cm³/mol. The highest BCUT2D eigenvalue weighted by Crippen LogP contribution is 2.66. The lowest BCUT2D eigenvalue weighted by atomic mass is 9.70. The second-order valence-corrected chi connectivity index (χ2v) is 7.31. The van der Waals surface area contributed by atoms with E-state index in [1.165, 1.54) is 24.8 Å². The third-order valence-corrected chi connectivity index (χ3v) is 6.33. The highest BCUT2D eigenvalue weighted by Gasteiger charge is 2.61. The van der Waals surface area contributed by atoms with Gasteiger partial charge in [-0.15, -0.1) is 0 Å². The first-order valence-corrected chi connectivity index (χ1v) is 7.80. The summed E-state index contributed by atoms with van der Waals surface area (Å²) >= 11 is 0. The fraction of sp³-hybridized carbons (Fsp3) is 0.765. The first kappa shape index (κ1) is 14.2. The van der Waals surface area contributed by atoms with Gasteiger partial charge in [0.05, 0.1) is 25.5 Å². The van der Waals surface area contributed by atoms with Crippen molar-refractivity contribution in [3.8, 4) is 0 Å². The van der Waals surface area contributed by atoms with Crippen molar-refractivity contribution in [3.05, 3.63) is 23.7 Å². The van der Waals surface area contributed by atoms with Crippen LogP contribution in [0.15, 0.2) is 16.7 Å². The Morgan fingerprint density at radius 1 is 1.40 bits per heavy atom. The number of nitrogens with one attached hydrogen (secondary N) is 1. The lowest BCUT2D eigenvalue weighted by Crippen LogP contribution is -2.37. The van der Waals surface area contributed by atoms with Crippen molar-refractivity contribution in [3.63, 3.8) is 0 Å². The zero-order chi connectivity index (χ0) is 14.4. The lowest BCUT2D eigenvalue weighted by Gasteiger charge is -2.38. The van der Waals surface area contributed by atoms with E-state index in [0.29, 0.717) is 23.5 Å². The summed E-state index contributed by atoms with van der Waals surface area (Å²) in [6, 6.07) is 2.04. The highest BCUT2D eigenvalue weighted by molar-refractivity contribution is 5.17. The van der Waals surface area contributed by atoms with E-state index in [0.717, 1.165) is 18.2 Å². The summed E-state index contributed by atoms with van der Waals surface area (Å²) < 4.78 is 11.8. The molecule has 1 N–H and O–H groups in total. The summed E-state index contributed by atoms with van der Waals surface area (Å²) in [6.07, 6.45) is 6.07. The molecule has 2 aliphatic carbocycles. The smallest absolute Gasteiger partial charge is 0.123 e. The second-order valence-electron chi connectivity index (χ2n) is 7.31. The molecule has 2 aliphatic rings. The summed E-state index contributed by atoms with van der Waals surface area (Å²) in [6.45, 7) is 8.73. The second kappa shape index (κ2) is 4.88. The number of hydrogen-bond donors (Lipinski definition) is 1. The van der Waals surface area contributed by atoms with Crippen LogP contribution in [0, 0.1) is 16.7 Å². The summed E-state index contributed by atoms with van der Waals surface area (Å²) in [5.74, 6) is 1.83. The average molecular weight is 277 g/mol. The average Bonchev–Trinajstić information content (AvgIpc) is 2.98. The molecule has 3 rings (SSSR count). The number of furan rings is 1.